The van der Waals surface area contributed by atoms with Crippen LogP contribution >= 0.6 is 0 Å². The molecule has 1 aromatic heterocycles. The molecule has 1 fully saturated rings. The van der Waals surface area contributed by atoms with E-state index in [1.165, 1.54) is 5.69 Å². The molecular weight excluding hydrogens is 290 g/mol. The highest BCUT2D eigenvalue weighted by Gasteiger charge is 2.27. The van der Waals surface area contributed by atoms with Gasteiger partial charge in [0.25, 0.3) is 5.91 Å². The molecule has 0 saturated carbocycles. The van der Waals surface area contributed by atoms with Crippen molar-refractivity contribution in [1.82, 2.24) is 15.1 Å². The van der Waals surface area contributed by atoms with Crippen molar-refractivity contribution in [3.8, 4) is 5.69 Å². The number of nitrogens with one attached hydrogen (secondary N) is 1. The van der Waals surface area contributed by atoms with Crippen molar-refractivity contribution in [2.24, 2.45) is 0 Å². The molecule has 1 aliphatic carbocycles. The Balaban J connectivity index is 1.58. The lowest BCUT2D eigenvalue weighted by Gasteiger charge is -2.10. The number of carbonyl (C=O) groups is 1. The van der Waals surface area contributed by atoms with Gasteiger partial charge in [-0.1, -0.05) is 18.2 Å². The van der Waals surface area contributed by atoms with Gasteiger partial charge in [0.2, 0.25) is 0 Å². The first-order valence-electron chi connectivity index (χ1n) is 8.39. The largest absolute Gasteiger partial charge is 0.376 e. The SMILES string of the molecule is O=C(NC[C@H]1CCCO1)c1nn(-c2ccccc2)c2c1CCC2. The van der Waals surface area contributed by atoms with Crippen LogP contribution in [0.5, 0.6) is 0 Å². The third-order valence-corrected chi connectivity index (χ3v) is 4.66. The molecule has 120 valence electrons. The van der Waals surface area contributed by atoms with Crippen LogP contribution in [0.2, 0.25) is 0 Å². The molecule has 1 aliphatic heterocycles. The third-order valence-electron chi connectivity index (χ3n) is 4.66. The van der Waals surface area contributed by atoms with Crippen LogP contribution in [0.25, 0.3) is 5.69 Å². The quantitative estimate of drug-likeness (QED) is 0.942. The van der Waals surface area contributed by atoms with E-state index in [0.717, 1.165) is 50.0 Å². The van der Waals surface area contributed by atoms with Crippen LogP contribution < -0.4 is 5.32 Å². The molecule has 0 radical (unpaired) electrons. The normalized spacial score (nSPS) is 19.7. The molecule has 1 saturated heterocycles. The number of rotatable bonds is 4. The Morgan fingerprint density at radius 1 is 1.26 bits per heavy atom. The Kier molecular flexibility index (Phi) is 3.87. The maximum absolute atomic E-state index is 12.6. The average Bonchev–Trinajstić information content (AvgIpc) is 3.30. The van der Waals surface area contributed by atoms with Crippen LogP contribution in [-0.4, -0.2) is 34.9 Å². The molecule has 0 bridgehead atoms. The number of fused-ring (bicyclic) bond motifs is 1. The van der Waals surface area contributed by atoms with Gasteiger partial charge in [-0.05, 0) is 44.2 Å². The van der Waals surface area contributed by atoms with Gasteiger partial charge in [0.05, 0.1) is 11.8 Å². The van der Waals surface area contributed by atoms with Crippen LogP contribution in [0.1, 0.15) is 41.0 Å². The molecule has 23 heavy (non-hydrogen) atoms. The number of para-hydroxylation sites is 1. The highest BCUT2D eigenvalue weighted by Crippen LogP contribution is 2.27. The van der Waals surface area contributed by atoms with Crippen molar-refractivity contribution in [1.29, 1.82) is 0 Å². The molecule has 2 aliphatic rings. The summed E-state index contributed by atoms with van der Waals surface area (Å²) in [7, 11) is 0. The van der Waals surface area contributed by atoms with E-state index in [0.29, 0.717) is 12.2 Å². The number of amides is 1. The zero-order chi connectivity index (χ0) is 15.6. The molecule has 5 heteroatoms. The van der Waals surface area contributed by atoms with E-state index in [2.05, 4.69) is 10.4 Å². The van der Waals surface area contributed by atoms with Gasteiger partial charge in [0.15, 0.2) is 5.69 Å². The topological polar surface area (TPSA) is 56.1 Å². The van der Waals surface area contributed by atoms with Crippen LogP contribution in [-0.2, 0) is 17.6 Å². The number of benzene rings is 1. The highest BCUT2D eigenvalue weighted by atomic mass is 16.5. The monoisotopic (exact) mass is 311 g/mol. The zero-order valence-corrected chi connectivity index (χ0v) is 13.1. The lowest BCUT2D eigenvalue weighted by molar-refractivity contribution is 0.0852. The van der Waals surface area contributed by atoms with Gasteiger partial charge >= 0.3 is 0 Å². The van der Waals surface area contributed by atoms with Gasteiger partial charge in [-0.25, -0.2) is 4.68 Å². The van der Waals surface area contributed by atoms with E-state index in [1.54, 1.807) is 0 Å². The highest BCUT2D eigenvalue weighted by molar-refractivity contribution is 5.94. The number of hydrogen-bond acceptors (Lipinski definition) is 3. The van der Waals surface area contributed by atoms with E-state index in [1.807, 2.05) is 35.0 Å². The first-order chi connectivity index (χ1) is 11.3. The molecule has 2 heterocycles. The summed E-state index contributed by atoms with van der Waals surface area (Å²) in [6.45, 7) is 1.38. The summed E-state index contributed by atoms with van der Waals surface area (Å²) < 4.78 is 7.50. The van der Waals surface area contributed by atoms with Crippen molar-refractivity contribution in [2.45, 2.75) is 38.2 Å². The molecule has 1 N–H and O–H groups in total. The van der Waals surface area contributed by atoms with Crippen LogP contribution in [0.15, 0.2) is 30.3 Å². The first kappa shape index (κ1) is 14.5. The molecule has 1 amide bonds. The van der Waals surface area contributed by atoms with E-state index in [4.69, 9.17) is 4.74 Å². The number of nitrogens with zero attached hydrogens (tertiary/aromatic N) is 2. The molecule has 5 nitrogen and oxygen atoms in total. The molecule has 1 aromatic carbocycles. The van der Waals surface area contributed by atoms with Crippen molar-refractivity contribution in [2.75, 3.05) is 13.2 Å². The molecular formula is C18H21N3O2. The summed E-state index contributed by atoms with van der Waals surface area (Å²) in [5.41, 5.74) is 3.89. The van der Waals surface area contributed by atoms with Crippen LogP contribution in [0.4, 0.5) is 0 Å². The maximum Gasteiger partial charge on any atom is 0.272 e. The Bertz CT molecular complexity index is 703. The number of hydrogen-bond donors (Lipinski definition) is 1. The fourth-order valence-corrected chi connectivity index (χ4v) is 3.50. The molecule has 1 atom stereocenters. The fourth-order valence-electron chi connectivity index (χ4n) is 3.50. The first-order valence-corrected chi connectivity index (χ1v) is 8.39. The second-order valence-electron chi connectivity index (χ2n) is 6.22. The summed E-state index contributed by atoms with van der Waals surface area (Å²) in [6.07, 6.45) is 5.27. The Hall–Kier alpha value is -2.14. The van der Waals surface area contributed by atoms with Crippen molar-refractivity contribution < 1.29 is 9.53 Å². The maximum atomic E-state index is 12.6. The summed E-state index contributed by atoms with van der Waals surface area (Å²) in [6, 6.07) is 10.0. The van der Waals surface area contributed by atoms with Gasteiger partial charge in [0.1, 0.15) is 0 Å². The third kappa shape index (κ3) is 2.77. The number of carbonyl (C=O) groups excluding carboxylic acids is 1. The summed E-state index contributed by atoms with van der Waals surface area (Å²) in [4.78, 5) is 12.6. The second-order valence-corrected chi connectivity index (χ2v) is 6.22. The fraction of sp³-hybridized carbons (Fsp3) is 0.444. The molecule has 4 rings (SSSR count). The minimum Gasteiger partial charge on any atom is -0.376 e. The lowest BCUT2D eigenvalue weighted by atomic mass is 10.2. The number of ether oxygens (including phenoxy) is 1. The second kappa shape index (κ2) is 6.16. The van der Waals surface area contributed by atoms with Gasteiger partial charge < -0.3 is 10.1 Å². The van der Waals surface area contributed by atoms with E-state index < -0.39 is 0 Å². The summed E-state index contributed by atoms with van der Waals surface area (Å²) in [5.74, 6) is -0.0756. The predicted molar refractivity (Wildman–Crippen MR) is 86.9 cm³/mol. The van der Waals surface area contributed by atoms with E-state index in [9.17, 15) is 4.79 Å². The summed E-state index contributed by atoms with van der Waals surface area (Å²) in [5, 5.41) is 7.61. The van der Waals surface area contributed by atoms with Gasteiger partial charge in [-0.3, -0.25) is 4.79 Å². The van der Waals surface area contributed by atoms with Gasteiger partial charge in [-0.15, -0.1) is 0 Å². The van der Waals surface area contributed by atoms with Crippen LogP contribution in [0, 0.1) is 0 Å². The molecule has 0 unspecified atom stereocenters. The molecule has 2 aromatic rings. The Morgan fingerprint density at radius 2 is 2.13 bits per heavy atom. The van der Waals surface area contributed by atoms with E-state index in [-0.39, 0.29) is 12.0 Å². The average molecular weight is 311 g/mol. The minimum absolute atomic E-state index is 0.0756. The number of aromatic nitrogens is 2. The minimum atomic E-state index is -0.0756. The van der Waals surface area contributed by atoms with Crippen molar-refractivity contribution in [3.05, 3.63) is 47.3 Å². The predicted octanol–water partition coefficient (Wildman–Crippen LogP) is 2.27. The van der Waals surface area contributed by atoms with Crippen molar-refractivity contribution >= 4 is 5.91 Å². The summed E-state index contributed by atoms with van der Waals surface area (Å²) >= 11 is 0. The Morgan fingerprint density at radius 3 is 2.91 bits per heavy atom. The van der Waals surface area contributed by atoms with Crippen LogP contribution in [0.3, 0.4) is 0 Å². The van der Waals surface area contributed by atoms with Crippen molar-refractivity contribution in [3.63, 3.8) is 0 Å². The zero-order valence-electron chi connectivity index (χ0n) is 13.1. The van der Waals surface area contributed by atoms with Gasteiger partial charge in [-0.2, -0.15) is 5.10 Å². The smallest absolute Gasteiger partial charge is 0.272 e. The van der Waals surface area contributed by atoms with Gasteiger partial charge in [0, 0.05) is 24.4 Å². The standard InChI is InChI=1S/C18H21N3O2/c22-18(19-12-14-8-5-11-23-14)17-15-9-4-10-16(15)21(20-17)13-6-2-1-3-7-13/h1-3,6-7,14H,4-5,8-12H2,(H,19,22)/t14-/m1/s1. The Labute approximate surface area is 135 Å². The molecule has 0 spiro atoms. The lowest BCUT2D eigenvalue weighted by Crippen LogP contribution is -2.32. The van der Waals surface area contributed by atoms with E-state index >= 15 is 0 Å².